The molecule has 3 rings (SSSR count). The van der Waals surface area contributed by atoms with Crippen LogP contribution in [0.15, 0.2) is 33.9 Å². The summed E-state index contributed by atoms with van der Waals surface area (Å²) in [4.78, 5) is 43.1. The standard InChI is InChI=1S/C18H23N5O3/c1-12-6-4-8-15(19-12)23-9-5-7-13(11-23)20-17(25)14-10-16(24)22(3)18(26)21(14)2/h4,6,8,10,13H,5,7,9,11H2,1-3H3,(H,20,25)/t13-/m1/s1. The maximum atomic E-state index is 12.6. The van der Waals surface area contributed by atoms with Crippen molar-refractivity contribution in [2.75, 3.05) is 18.0 Å². The van der Waals surface area contributed by atoms with Gasteiger partial charge in [-0.25, -0.2) is 9.78 Å². The molecule has 0 aliphatic carbocycles. The lowest BCUT2D eigenvalue weighted by atomic mass is 10.1. The fraction of sp³-hybridized carbons (Fsp3) is 0.444. The number of carbonyl (C=O) groups excluding carboxylic acids is 1. The molecule has 8 heteroatoms. The molecular weight excluding hydrogens is 334 g/mol. The highest BCUT2D eigenvalue weighted by Gasteiger charge is 2.24. The zero-order valence-electron chi connectivity index (χ0n) is 15.2. The number of rotatable bonds is 3. The lowest BCUT2D eigenvalue weighted by Crippen LogP contribution is -2.49. The van der Waals surface area contributed by atoms with Crippen LogP contribution in [0.25, 0.3) is 0 Å². The lowest BCUT2D eigenvalue weighted by molar-refractivity contribution is 0.0922. The predicted octanol–water partition coefficient (Wildman–Crippen LogP) is 0.186. The number of nitrogens with zero attached hydrogens (tertiary/aromatic N) is 4. The Labute approximate surface area is 151 Å². The quantitative estimate of drug-likeness (QED) is 0.847. The molecule has 138 valence electrons. The van der Waals surface area contributed by atoms with Gasteiger partial charge in [0, 0.05) is 45.0 Å². The molecule has 26 heavy (non-hydrogen) atoms. The van der Waals surface area contributed by atoms with E-state index in [2.05, 4.69) is 15.2 Å². The summed E-state index contributed by atoms with van der Waals surface area (Å²) in [5.41, 5.74) is 0.0112. The number of pyridine rings is 1. The highest BCUT2D eigenvalue weighted by atomic mass is 16.2. The molecule has 2 aromatic rings. The monoisotopic (exact) mass is 357 g/mol. The third-order valence-electron chi connectivity index (χ3n) is 4.71. The zero-order valence-corrected chi connectivity index (χ0v) is 15.2. The molecule has 1 fully saturated rings. The average molecular weight is 357 g/mol. The Morgan fingerprint density at radius 2 is 2.00 bits per heavy atom. The maximum absolute atomic E-state index is 12.6. The van der Waals surface area contributed by atoms with Crippen molar-refractivity contribution in [1.29, 1.82) is 0 Å². The van der Waals surface area contributed by atoms with E-state index in [-0.39, 0.29) is 11.7 Å². The summed E-state index contributed by atoms with van der Waals surface area (Å²) in [6.07, 6.45) is 1.77. The minimum absolute atomic E-state index is 0.0716. The van der Waals surface area contributed by atoms with Crippen LogP contribution in [0, 0.1) is 6.92 Å². The highest BCUT2D eigenvalue weighted by Crippen LogP contribution is 2.18. The molecule has 1 N–H and O–H groups in total. The molecular formula is C18H23N5O3. The molecule has 1 aliphatic rings. The first-order valence-electron chi connectivity index (χ1n) is 8.63. The predicted molar refractivity (Wildman–Crippen MR) is 98.6 cm³/mol. The zero-order chi connectivity index (χ0) is 18.8. The second kappa shape index (κ2) is 7.15. The number of hydrogen-bond donors (Lipinski definition) is 1. The third kappa shape index (κ3) is 3.54. The van der Waals surface area contributed by atoms with Crippen LogP contribution in [0.2, 0.25) is 0 Å². The molecule has 1 saturated heterocycles. The van der Waals surface area contributed by atoms with Crippen molar-refractivity contribution < 1.29 is 4.79 Å². The Hall–Kier alpha value is -2.90. The van der Waals surface area contributed by atoms with E-state index in [4.69, 9.17) is 0 Å². The van der Waals surface area contributed by atoms with Gasteiger partial charge in [-0.1, -0.05) is 6.07 Å². The number of aryl methyl sites for hydroxylation is 1. The Kier molecular flexibility index (Phi) is 4.92. The average Bonchev–Trinajstić information content (AvgIpc) is 2.63. The van der Waals surface area contributed by atoms with E-state index >= 15 is 0 Å². The summed E-state index contributed by atoms with van der Waals surface area (Å²) in [6, 6.07) is 7.00. The molecule has 0 unspecified atom stereocenters. The van der Waals surface area contributed by atoms with Crippen molar-refractivity contribution in [2.24, 2.45) is 14.1 Å². The fourth-order valence-electron chi connectivity index (χ4n) is 3.22. The van der Waals surface area contributed by atoms with Gasteiger partial charge in [0.15, 0.2) is 0 Å². The highest BCUT2D eigenvalue weighted by molar-refractivity contribution is 5.92. The Morgan fingerprint density at radius 1 is 1.23 bits per heavy atom. The van der Waals surface area contributed by atoms with E-state index < -0.39 is 17.2 Å². The van der Waals surface area contributed by atoms with Gasteiger partial charge in [-0.15, -0.1) is 0 Å². The number of piperidine rings is 1. The molecule has 2 aromatic heterocycles. The van der Waals surface area contributed by atoms with E-state index in [1.54, 1.807) is 0 Å². The largest absolute Gasteiger partial charge is 0.355 e. The van der Waals surface area contributed by atoms with Crippen molar-refractivity contribution in [2.45, 2.75) is 25.8 Å². The van der Waals surface area contributed by atoms with Crippen LogP contribution in [0.3, 0.4) is 0 Å². The number of anilines is 1. The van der Waals surface area contributed by atoms with Gasteiger partial charge in [-0.3, -0.25) is 18.7 Å². The van der Waals surface area contributed by atoms with Gasteiger partial charge in [-0.2, -0.15) is 0 Å². The fourth-order valence-corrected chi connectivity index (χ4v) is 3.22. The van der Waals surface area contributed by atoms with Crippen LogP contribution in [-0.4, -0.2) is 39.2 Å². The second-order valence-electron chi connectivity index (χ2n) is 6.66. The van der Waals surface area contributed by atoms with Gasteiger partial charge in [0.1, 0.15) is 11.5 Å². The summed E-state index contributed by atoms with van der Waals surface area (Å²) in [5.74, 6) is 0.483. The number of nitrogens with one attached hydrogen (secondary N) is 1. The van der Waals surface area contributed by atoms with Gasteiger partial charge >= 0.3 is 5.69 Å². The normalized spacial score (nSPS) is 17.2. The van der Waals surface area contributed by atoms with Crippen molar-refractivity contribution >= 4 is 11.7 Å². The number of aromatic nitrogens is 3. The van der Waals surface area contributed by atoms with Crippen LogP contribution in [0.1, 0.15) is 29.0 Å². The maximum Gasteiger partial charge on any atom is 0.331 e. The Bertz CT molecular complexity index is 947. The molecule has 1 aliphatic heterocycles. The van der Waals surface area contributed by atoms with Crippen molar-refractivity contribution in [1.82, 2.24) is 19.4 Å². The molecule has 0 spiro atoms. The van der Waals surface area contributed by atoms with Crippen LogP contribution in [0.5, 0.6) is 0 Å². The topological polar surface area (TPSA) is 89.2 Å². The first kappa shape index (κ1) is 17.9. The number of carbonyl (C=O) groups is 1. The van der Waals surface area contributed by atoms with Gasteiger partial charge < -0.3 is 10.2 Å². The summed E-state index contributed by atoms with van der Waals surface area (Å²) in [6.45, 7) is 3.47. The van der Waals surface area contributed by atoms with E-state index in [0.29, 0.717) is 6.54 Å². The summed E-state index contributed by atoms with van der Waals surface area (Å²) >= 11 is 0. The summed E-state index contributed by atoms with van der Waals surface area (Å²) in [5, 5.41) is 2.95. The second-order valence-corrected chi connectivity index (χ2v) is 6.66. The summed E-state index contributed by atoms with van der Waals surface area (Å²) < 4.78 is 2.17. The molecule has 8 nitrogen and oxygen atoms in total. The Morgan fingerprint density at radius 3 is 2.73 bits per heavy atom. The van der Waals surface area contributed by atoms with Crippen molar-refractivity contribution in [3.8, 4) is 0 Å². The van der Waals surface area contributed by atoms with Crippen molar-refractivity contribution in [3.05, 3.63) is 56.5 Å². The van der Waals surface area contributed by atoms with E-state index in [9.17, 15) is 14.4 Å². The first-order chi connectivity index (χ1) is 12.4. The molecule has 0 bridgehead atoms. The third-order valence-corrected chi connectivity index (χ3v) is 4.71. The summed E-state index contributed by atoms with van der Waals surface area (Å²) in [7, 11) is 2.88. The number of amides is 1. The van der Waals surface area contributed by atoms with Crippen LogP contribution in [0.4, 0.5) is 5.82 Å². The van der Waals surface area contributed by atoms with Crippen LogP contribution >= 0.6 is 0 Å². The number of hydrogen-bond acceptors (Lipinski definition) is 5. The van der Waals surface area contributed by atoms with E-state index in [1.165, 1.54) is 24.7 Å². The smallest absolute Gasteiger partial charge is 0.331 e. The molecule has 3 heterocycles. The Balaban J connectivity index is 1.76. The first-order valence-corrected chi connectivity index (χ1v) is 8.63. The molecule has 1 amide bonds. The van der Waals surface area contributed by atoms with E-state index in [1.807, 2.05) is 25.1 Å². The van der Waals surface area contributed by atoms with Crippen molar-refractivity contribution in [3.63, 3.8) is 0 Å². The molecule has 0 saturated carbocycles. The minimum atomic E-state index is -0.517. The van der Waals surface area contributed by atoms with Crippen LogP contribution < -0.4 is 21.5 Å². The molecule has 1 atom stereocenters. The van der Waals surface area contributed by atoms with Gasteiger partial charge in [-0.05, 0) is 31.9 Å². The SMILES string of the molecule is Cc1cccc(N2CCC[C@@H](NC(=O)c3cc(=O)n(C)c(=O)n3C)C2)n1. The van der Waals surface area contributed by atoms with E-state index in [0.717, 1.165) is 35.5 Å². The molecule has 0 aromatic carbocycles. The molecule has 0 radical (unpaired) electrons. The van der Waals surface area contributed by atoms with Crippen LogP contribution in [-0.2, 0) is 14.1 Å². The lowest BCUT2D eigenvalue weighted by Gasteiger charge is -2.34. The van der Waals surface area contributed by atoms with Gasteiger partial charge in [0.05, 0.1) is 0 Å². The minimum Gasteiger partial charge on any atom is -0.355 e. The van der Waals surface area contributed by atoms with Gasteiger partial charge in [0.25, 0.3) is 11.5 Å². The van der Waals surface area contributed by atoms with Gasteiger partial charge in [0.2, 0.25) is 0 Å².